The normalized spacial score (nSPS) is 10.9. The second-order valence-electron chi connectivity index (χ2n) is 3.27. The molecule has 0 aliphatic carbocycles. The van der Waals surface area contributed by atoms with Crippen molar-refractivity contribution < 1.29 is 17.9 Å². The molecule has 2 aromatic rings. The van der Waals surface area contributed by atoms with E-state index in [4.69, 9.17) is 0 Å². The fraction of sp³-hybridized carbons (Fsp3) is 0.182. The molecule has 1 heterocycles. The van der Waals surface area contributed by atoms with Gasteiger partial charge in [-0.25, -0.2) is 9.37 Å². The minimum Gasteiger partial charge on any atom is -0.434 e. The molecule has 0 radical (unpaired) electrons. The number of halogens is 4. The van der Waals surface area contributed by atoms with Crippen molar-refractivity contribution in [2.45, 2.75) is 11.9 Å². The standard InChI is InChI=1S/C11H7BrF3NOS/c12-4-10-16-5-9(18-10)7-3-6(13)1-2-8(7)17-11(14)15/h1-3,5,11H,4H2. The van der Waals surface area contributed by atoms with Crippen LogP contribution in [0.4, 0.5) is 13.2 Å². The molecule has 0 saturated heterocycles. The van der Waals surface area contributed by atoms with Crippen LogP contribution < -0.4 is 4.74 Å². The maximum Gasteiger partial charge on any atom is 0.387 e. The molecule has 1 aromatic carbocycles. The molecule has 0 unspecified atom stereocenters. The van der Waals surface area contributed by atoms with Gasteiger partial charge in [-0.05, 0) is 18.2 Å². The number of ether oxygens (including phenoxy) is 1. The molecule has 0 spiro atoms. The molecular weight excluding hydrogens is 331 g/mol. The summed E-state index contributed by atoms with van der Waals surface area (Å²) in [4.78, 5) is 4.65. The van der Waals surface area contributed by atoms with Gasteiger partial charge in [0.25, 0.3) is 0 Å². The summed E-state index contributed by atoms with van der Waals surface area (Å²) in [6.45, 7) is -2.95. The van der Waals surface area contributed by atoms with Crippen molar-refractivity contribution in [3.05, 3.63) is 35.2 Å². The first-order chi connectivity index (χ1) is 8.60. The van der Waals surface area contributed by atoms with Crippen LogP contribution in [0.3, 0.4) is 0 Å². The summed E-state index contributed by atoms with van der Waals surface area (Å²) in [7, 11) is 0. The molecule has 0 atom stereocenters. The maximum absolute atomic E-state index is 13.2. The fourth-order valence-corrected chi connectivity index (χ4v) is 2.67. The Morgan fingerprint density at radius 2 is 2.17 bits per heavy atom. The summed E-state index contributed by atoms with van der Waals surface area (Å²) >= 11 is 4.53. The lowest BCUT2D eigenvalue weighted by Crippen LogP contribution is -2.03. The smallest absolute Gasteiger partial charge is 0.387 e. The SMILES string of the molecule is Fc1ccc(OC(F)F)c(-c2cnc(CBr)s2)c1. The summed E-state index contributed by atoms with van der Waals surface area (Å²) in [5.74, 6) is -0.573. The van der Waals surface area contributed by atoms with Crippen LogP contribution in [0.1, 0.15) is 5.01 Å². The molecule has 2 nitrogen and oxygen atoms in total. The van der Waals surface area contributed by atoms with Gasteiger partial charge in [-0.2, -0.15) is 8.78 Å². The van der Waals surface area contributed by atoms with Gasteiger partial charge in [0.05, 0.1) is 10.2 Å². The summed E-state index contributed by atoms with van der Waals surface area (Å²) in [6.07, 6.45) is 1.51. The highest BCUT2D eigenvalue weighted by Gasteiger charge is 2.14. The zero-order valence-corrected chi connectivity index (χ0v) is 11.3. The second kappa shape index (κ2) is 5.71. The fourth-order valence-electron chi connectivity index (χ4n) is 1.39. The van der Waals surface area contributed by atoms with E-state index in [1.165, 1.54) is 23.6 Å². The van der Waals surface area contributed by atoms with Gasteiger partial charge in [-0.15, -0.1) is 11.3 Å². The highest BCUT2D eigenvalue weighted by molar-refractivity contribution is 9.08. The summed E-state index contributed by atoms with van der Waals surface area (Å²) in [5, 5.41) is 1.33. The van der Waals surface area contributed by atoms with E-state index in [1.54, 1.807) is 0 Å². The van der Waals surface area contributed by atoms with Crippen LogP contribution in [-0.4, -0.2) is 11.6 Å². The van der Waals surface area contributed by atoms with E-state index in [2.05, 4.69) is 25.7 Å². The van der Waals surface area contributed by atoms with Gasteiger partial charge in [0.1, 0.15) is 16.6 Å². The van der Waals surface area contributed by atoms with Gasteiger partial charge in [-0.3, -0.25) is 0 Å². The van der Waals surface area contributed by atoms with Gasteiger partial charge >= 0.3 is 6.61 Å². The zero-order chi connectivity index (χ0) is 13.1. The minimum absolute atomic E-state index is 0.0591. The van der Waals surface area contributed by atoms with Gasteiger partial charge in [0.2, 0.25) is 0 Å². The number of rotatable bonds is 4. The van der Waals surface area contributed by atoms with Gasteiger partial charge in [-0.1, -0.05) is 15.9 Å². The molecular formula is C11H7BrF3NOS. The molecule has 0 saturated carbocycles. The zero-order valence-electron chi connectivity index (χ0n) is 8.87. The van der Waals surface area contributed by atoms with Crippen molar-refractivity contribution >= 4 is 27.3 Å². The van der Waals surface area contributed by atoms with Crippen LogP contribution >= 0.6 is 27.3 Å². The third-order valence-corrected chi connectivity index (χ3v) is 4.02. The molecule has 7 heteroatoms. The van der Waals surface area contributed by atoms with E-state index >= 15 is 0 Å². The predicted octanol–water partition coefficient (Wildman–Crippen LogP) is 4.45. The molecule has 1 aromatic heterocycles. The van der Waals surface area contributed by atoms with Crippen molar-refractivity contribution in [2.24, 2.45) is 0 Å². The number of aromatic nitrogens is 1. The largest absolute Gasteiger partial charge is 0.434 e. The molecule has 0 N–H and O–H groups in total. The van der Waals surface area contributed by atoms with Crippen LogP contribution in [0.5, 0.6) is 5.75 Å². The number of alkyl halides is 3. The summed E-state index contributed by atoms with van der Waals surface area (Å²) in [5.41, 5.74) is 0.278. The monoisotopic (exact) mass is 337 g/mol. The number of thiazole rings is 1. The van der Waals surface area contributed by atoms with Crippen molar-refractivity contribution in [1.82, 2.24) is 4.98 Å². The topological polar surface area (TPSA) is 22.1 Å². The van der Waals surface area contributed by atoms with E-state index < -0.39 is 12.4 Å². The first kappa shape index (κ1) is 13.4. The lowest BCUT2D eigenvalue weighted by Gasteiger charge is -2.08. The Labute approximate surface area is 114 Å². The summed E-state index contributed by atoms with van der Waals surface area (Å²) in [6, 6.07) is 3.42. The van der Waals surface area contributed by atoms with Crippen LogP contribution in [0, 0.1) is 5.82 Å². The molecule has 0 fully saturated rings. The van der Waals surface area contributed by atoms with Crippen LogP contribution in [0.25, 0.3) is 10.4 Å². The van der Waals surface area contributed by atoms with Gasteiger partial charge in [0, 0.05) is 11.8 Å². The predicted molar refractivity (Wildman–Crippen MR) is 66.8 cm³/mol. The van der Waals surface area contributed by atoms with E-state index in [9.17, 15) is 13.2 Å². The third-order valence-electron chi connectivity index (χ3n) is 2.09. The van der Waals surface area contributed by atoms with Crippen molar-refractivity contribution in [1.29, 1.82) is 0 Å². The molecule has 2 rings (SSSR count). The third kappa shape index (κ3) is 3.02. The Morgan fingerprint density at radius 1 is 1.39 bits per heavy atom. The lowest BCUT2D eigenvalue weighted by molar-refractivity contribution is -0.0494. The number of hydrogen-bond acceptors (Lipinski definition) is 3. The van der Waals surface area contributed by atoms with Crippen molar-refractivity contribution in [3.63, 3.8) is 0 Å². The average molecular weight is 338 g/mol. The highest BCUT2D eigenvalue weighted by Crippen LogP contribution is 2.35. The number of nitrogens with zero attached hydrogens (tertiary/aromatic N) is 1. The number of hydrogen-bond donors (Lipinski definition) is 0. The Balaban J connectivity index is 2.43. The Hall–Kier alpha value is -1.08. The van der Waals surface area contributed by atoms with E-state index in [0.29, 0.717) is 10.2 Å². The van der Waals surface area contributed by atoms with Crippen molar-refractivity contribution in [3.8, 4) is 16.2 Å². The first-order valence-electron chi connectivity index (χ1n) is 4.85. The van der Waals surface area contributed by atoms with Crippen LogP contribution in [0.2, 0.25) is 0 Å². The number of benzene rings is 1. The lowest BCUT2D eigenvalue weighted by atomic mass is 10.2. The van der Waals surface area contributed by atoms with E-state index in [1.807, 2.05) is 0 Å². The quantitative estimate of drug-likeness (QED) is 0.769. The van der Waals surface area contributed by atoms with E-state index in [-0.39, 0.29) is 11.3 Å². The average Bonchev–Trinajstić information content (AvgIpc) is 2.79. The van der Waals surface area contributed by atoms with Crippen molar-refractivity contribution in [2.75, 3.05) is 0 Å². The van der Waals surface area contributed by atoms with E-state index in [0.717, 1.165) is 17.1 Å². The minimum atomic E-state index is -2.95. The van der Waals surface area contributed by atoms with Gasteiger partial charge < -0.3 is 4.74 Å². The van der Waals surface area contributed by atoms with Gasteiger partial charge in [0.15, 0.2) is 0 Å². The molecule has 0 aliphatic rings. The Kier molecular flexibility index (Phi) is 4.23. The first-order valence-corrected chi connectivity index (χ1v) is 6.79. The van der Waals surface area contributed by atoms with Crippen LogP contribution in [-0.2, 0) is 5.33 Å². The molecule has 0 bridgehead atoms. The molecule has 96 valence electrons. The molecule has 18 heavy (non-hydrogen) atoms. The Bertz CT molecular complexity index is 547. The summed E-state index contributed by atoms with van der Waals surface area (Å²) < 4.78 is 42.1. The maximum atomic E-state index is 13.2. The molecule has 0 aliphatic heterocycles. The highest BCUT2D eigenvalue weighted by atomic mass is 79.9. The molecule has 0 amide bonds. The Morgan fingerprint density at radius 3 is 2.78 bits per heavy atom. The second-order valence-corrected chi connectivity index (χ2v) is 4.95. The van der Waals surface area contributed by atoms with Crippen LogP contribution in [0.15, 0.2) is 24.4 Å².